The van der Waals surface area contributed by atoms with Crippen LogP contribution >= 0.6 is 35.0 Å². The zero-order valence-corrected chi connectivity index (χ0v) is 15.6. The molecule has 0 bridgehead atoms. The molecule has 0 aliphatic rings. The third-order valence-corrected chi connectivity index (χ3v) is 4.95. The van der Waals surface area contributed by atoms with Crippen molar-refractivity contribution in [3.8, 4) is 17.1 Å². The summed E-state index contributed by atoms with van der Waals surface area (Å²) in [5, 5.41) is 9.93. The fourth-order valence-corrected chi connectivity index (χ4v) is 3.42. The number of halogens is 2. The number of aromatic nitrogens is 3. The number of hydrogen-bond donors (Lipinski definition) is 1. The number of nitrogen functional groups attached to an aromatic ring is 1. The fraction of sp³-hybridized carbons (Fsp3) is 0.176. The lowest BCUT2D eigenvalue weighted by Crippen LogP contribution is -2.12. The van der Waals surface area contributed by atoms with Gasteiger partial charge in [0.1, 0.15) is 5.75 Å². The van der Waals surface area contributed by atoms with Crippen LogP contribution in [0, 0.1) is 0 Å². The summed E-state index contributed by atoms with van der Waals surface area (Å²) >= 11 is 13.6. The van der Waals surface area contributed by atoms with Gasteiger partial charge in [-0.2, -0.15) is 0 Å². The maximum atomic E-state index is 6.20. The van der Waals surface area contributed by atoms with E-state index in [4.69, 9.17) is 33.8 Å². The topological polar surface area (TPSA) is 66.0 Å². The highest BCUT2D eigenvalue weighted by molar-refractivity contribution is 7.99. The molecule has 3 aromatic rings. The second kappa shape index (κ2) is 8.47. The van der Waals surface area contributed by atoms with Crippen molar-refractivity contribution < 1.29 is 4.74 Å². The van der Waals surface area contributed by atoms with Crippen LogP contribution in [0.5, 0.6) is 5.75 Å². The van der Waals surface area contributed by atoms with E-state index < -0.39 is 0 Å². The van der Waals surface area contributed by atoms with Crippen LogP contribution in [-0.4, -0.2) is 27.2 Å². The van der Waals surface area contributed by atoms with Gasteiger partial charge >= 0.3 is 0 Å². The largest absolute Gasteiger partial charge is 0.494 e. The van der Waals surface area contributed by atoms with E-state index in [0.29, 0.717) is 33.2 Å². The molecule has 3 rings (SSSR count). The van der Waals surface area contributed by atoms with Gasteiger partial charge in [-0.05, 0) is 36.8 Å². The van der Waals surface area contributed by atoms with Crippen molar-refractivity contribution >= 4 is 35.0 Å². The summed E-state index contributed by atoms with van der Waals surface area (Å²) in [4.78, 5) is 0. The molecule has 1 aromatic heterocycles. The molecule has 25 heavy (non-hydrogen) atoms. The lowest BCUT2D eigenvalue weighted by atomic mass is 10.2. The maximum absolute atomic E-state index is 6.20. The summed E-state index contributed by atoms with van der Waals surface area (Å²) in [6.07, 6.45) is 0.865. The number of thioether (sulfide) groups is 1. The lowest BCUT2D eigenvalue weighted by Gasteiger charge is -2.06. The van der Waals surface area contributed by atoms with Gasteiger partial charge in [-0.1, -0.05) is 53.2 Å². The fourth-order valence-electron chi connectivity index (χ4n) is 2.16. The highest BCUT2D eigenvalue weighted by Crippen LogP contribution is 2.30. The predicted octanol–water partition coefficient (Wildman–Crippen LogP) is 4.53. The monoisotopic (exact) mass is 394 g/mol. The Balaban J connectivity index is 1.55. The molecule has 0 fully saturated rings. The molecule has 2 N–H and O–H groups in total. The van der Waals surface area contributed by atoms with E-state index >= 15 is 0 Å². The Morgan fingerprint density at radius 1 is 1.08 bits per heavy atom. The van der Waals surface area contributed by atoms with E-state index in [2.05, 4.69) is 10.2 Å². The second-order valence-corrected chi connectivity index (χ2v) is 7.07. The first-order valence-corrected chi connectivity index (χ1v) is 9.36. The van der Waals surface area contributed by atoms with Crippen molar-refractivity contribution in [3.63, 3.8) is 0 Å². The number of ether oxygens (including phenoxy) is 1. The Hall–Kier alpha value is -1.89. The average molecular weight is 395 g/mol. The average Bonchev–Trinajstić information content (AvgIpc) is 2.96. The molecule has 0 atom stereocenters. The normalized spacial score (nSPS) is 10.8. The van der Waals surface area contributed by atoms with Gasteiger partial charge in [0.2, 0.25) is 5.16 Å². The lowest BCUT2D eigenvalue weighted by molar-refractivity contribution is 0.318. The quantitative estimate of drug-likeness (QED) is 0.362. The van der Waals surface area contributed by atoms with Gasteiger partial charge in [-0.15, -0.1) is 10.2 Å². The van der Waals surface area contributed by atoms with E-state index in [1.54, 1.807) is 18.2 Å². The summed E-state index contributed by atoms with van der Waals surface area (Å²) in [7, 11) is 0. The van der Waals surface area contributed by atoms with Gasteiger partial charge in [0, 0.05) is 16.3 Å². The van der Waals surface area contributed by atoms with Crippen LogP contribution in [0.4, 0.5) is 0 Å². The minimum atomic E-state index is 0.486. The van der Waals surface area contributed by atoms with Crippen LogP contribution in [0.3, 0.4) is 0 Å². The summed E-state index contributed by atoms with van der Waals surface area (Å²) in [5.41, 5.74) is 0.695. The van der Waals surface area contributed by atoms with Gasteiger partial charge in [0.25, 0.3) is 0 Å². The summed E-state index contributed by atoms with van der Waals surface area (Å²) in [6, 6.07) is 14.9. The minimum Gasteiger partial charge on any atom is -0.494 e. The van der Waals surface area contributed by atoms with Crippen molar-refractivity contribution in [3.05, 3.63) is 58.6 Å². The molecule has 0 aliphatic heterocycles. The molecule has 1 heterocycles. The zero-order chi connectivity index (χ0) is 17.6. The Morgan fingerprint density at radius 3 is 2.64 bits per heavy atom. The molecule has 0 radical (unpaired) electrons. The van der Waals surface area contributed by atoms with Crippen LogP contribution < -0.4 is 10.6 Å². The third-order valence-electron chi connectivity index (χ3n) is 3.37. The first-order chi connectivity index (χ1) is 12.1. The Labute approximate surface area is 160 Å². The smallest absolute Gasteiger partial charge is 0.210 e. The van der Waals surface area contributed by atoms with E-state index in [1.165, 1.54) is 16.4 Å². The van der Waals surface area contributed by atoms with E-state index in [1.807, 2.05) is 30.3 Å². The van der Waals surface area contributed by atoms with Crippen LogP contribution in [-0.2, 0) is 0 Å². The second-order valence-electron chi connectivity index (χ2n) is 5.16. The van der Waals surface area contributed by atoms with Crippen LogP contribution in [0.2, 0.25) is 10.0 Å². The molecule has 130 valence electrons. The molecule has 8 heteroatoms. The van der Waals surface area contributed by atoms with E-state index in [9.17, 15) is 0 Å². The summed E-state index contributed by atoms with van der Waals surface area (Å²) in [6.45, 7) is 0.631. The molecule has 0 spiro atoms. The zero-order valence-electron chi connectivity index (χ0n) is 13.2. The van der Waals surface area contributed by atoms with Crippen LogP contribution in [0.1, 0.15) is 6.42 Å². The SMILES string of the molecule is Nn1c(SCCCOc2ccccc2)nnc1-c1ccc(Cl)cc1Cl. The van der Waals surface area contributed by atoms with Crippen LogP contribution in [0.15, 0.2) is 53.7 Å². The Bertz CT molecular complexity index is 842. The number of para-hydroxylation sites is 1. The minimum absolute atomic E-state index is 0.486. The van der Waals surface area contributed by atoms with Crippen molar-refractivity contribution in [2.45, 2.75) is 11.6 Å². The van der Waals surface area contributed by atoms with E-state index in [0.717, 1.165) is 17.9 Å². The number of benzene rings is 2. The van der Waals surface area contributed by atoms with E-state index in [-0.39, 0.29) is 0 Å². The molecule has 5 nitrogen and oxygen atoms in total. The number of nitrogens with zero attached hydrogens (tertiary/aromatic N) is 3. The Kier molecular flexibility index (Phi) is 6.07. The number of nitrogens with two attached hydrogens (primary N) is 1. The Morgan fingerprint density at radius 2 is 1.88 bits per heavy atom. The highest BCUT2D eigenvalue weighted by Gasteiger charge is 2.15. The van der Waals surface area contributed by atoms with Gasteiger partial charge in [0.05, 0.1) is 11.6 Å². The molecule has 0 unspecified atom stereocenters. The molecular weight excluding hydrogens is 379 g/mol. The molecule has 0 aliphatic carbocycles. The van der Waals surface area contributed by atoms with Gasteiger partial charge in [0.15, 0.2) is 5.82 Å². The summed E-state index contributed by atoms with van der Waals surface area (Å²) < 4.78 is 7.10. The molecule has 0 amide bonds. The van der Waals surface area contributed by atoms with Gasteiger partial charge in [-0.25, -0.2) is 4.68 Å². The third kappa shape index (κ3) is 4.60. The van der Waals surface area contributed by atoms with Crippen molar-refractivity contribution in [2.75, 3.05) is 18.2 Å². The molecule has 0 saturated carbocycles. The molecule has 0 saturated heterocycles. The first-order valence-electron chi connectivity index (χ1n) is 7.61. The number of rotatable bonds is 7. The summed E-state index contributed by atoms with van der Waals surface area (Å²) in [5.74, 6) is 8.29. The van der Waals surface area contributed by atoms with Gasteiger partial charge < -0.3 is 10.6 Å². The van der Waals surface area contributed by atoms with Crippen molar-refractivity contribution in [2.24, 2.45) is 0 Å². The first kappa shape index (κ1) is 17.9. The van der Waals surface area contributed by atoms with Gasteiger partial charge in [-0.3, -0.25) is 0 Å². The molecular formula is C17H16Cl2N4OS. The van der Waals surface area contributed by atoms with Crippen molar-refractivity contribution in [1.29, 1.82) is 0 Å². The van der Waals surface area contributed by atoms with Crippen molar-refractivity contribution in [1.82, 2.24) is 14.9 Å². The maximum Gasteiger partial charge on any atom is 0.210 e. The number of hydrogen-bond acceptors (Lipinski definition) is 5. The standard InChI is InChI=1S/C17H16Cl2N4OS/c18-12-7-8-14(15(19)11-12)16-21-22-17(23(16)20)25-10-4-9-24-13-5-2-1-3-6-13/h1-3,5-8,11H,4,9-10,20H2. The highest BCUT2D eigenvalue weighted by atomic mass is 35.5. The molecule has 2 aromatic carbocycles. The van der Waals surface area contributed by atoms with Crippen LogP contribution in [0.25, 0.3) is 11.4 Å². The predicted molar refractivity (Wildman–Crippen MR) is 103 cm³/mol.